The van der Waals surface area contributed by atoms with Gasteiger partial charge in [0.25, 0.3) is 0 Å². The Morgan fingerprint density at radius 3 is 2.45 bits per heavy atom. The molecule has 102 valence electrons. The highest BCUT2D eigenvalue weighted by Gasteiger charge is 2.21. The maximum Gasteiger partial charge on any atom is 0.356 e. The number of anilines is 1. The summed E-state index contributed by atoms with van der Waals surface area (Å²) in [5.41, 5.74) is 4.07. The molecule has 0 saturated heterocycles. The number of aromatic carboxylic acids is 1. The van der Waals surface area contributed by atoms with Gasteiger partial charge in [-0.3, -0.25) is 4.79 Å². The number of carboxylic acids is 1. The number of carboxylic acid groups (broad SMARTS) is 1. The third kappa shape index (κ3) is 2.33. The normalized spacial score (nSPS) is 10.3. The molecule has 20 heavy (non-hydrogen) atoms. The van der Waals surface area contributed by atoms with Crippen molar-refractivity contribution in [1.82, 2.24) is 4.98 Å². The zero-order valence-corrected chi connectivity index (χ0v) is 9.93. The number of hydrogen-bond donors (Lipinski definition) is 2. The Balaban J connectivity index is 2.54. The van der Waals surface area contributed by atoms with Crippen molar-refractivity contribution in [3.63, 3.8) is 0 Å². The third-order valence-electron chi connectivity index (χ3n) is 2.61. The molecule has 2 rings (SSSR count). The second kappa shape index (κ2) is 5.04. The van der Waals surface area contributed by atoms with Crippen LogP contribution in [0.25, 0.3) is 0 Å². The summed E-state index contributed by atoms with van der Waals surface area (Å²) < 4.78 is 26.3. The van der Waals surface area contributed by atoms with E-state index < -0.39 is 34.6 Å². The molecule has 0 fully saturated rings. The fourth-order valence-electron chi connectivity index (χ4n) is 1.66. The molecule has 1 aromatic carbocycles. The summed E-state index contributed by atoms with van der Waals surface area (Å²) in [6, 6.07) is 3.62. The second-order valence-corrected chi connectivity index (χ2v) is 3.88. The molecular formula is C13H8F2N2O3. The van der Waals surface area contributed by atoms with Crippen molar-refractivity contribution in [2.45, 2.75) is 0 Å². The smallest absolute Gasteiger partial charge is 0.356 e. The number of pyridine rings is 1. The summed E-state index contributed by atoms with van der Waals surface area (Å²) in [6.07, 6.45) is 1.08. The van der Waals surface area contributed by atoms with Gasteiger partial charge in [-0.2, -0.15) is 0 Å². The summed E-state index contributed by atoms with van der Waals surface area (Å²) in [6.45, 7) is 0. The maximum absolute atomic E-state index is 13.5. The van der Waals surface area contributed by atoms with Crippen LogP contribution in [0.1, 0.15) is 26.4 Å². The van der Waals surface area contributed by atoms with Crippen molar-refractivity contribution in [3.8, 4) is 0 Å². The first-order valence-electron chi connectivity index (χ1n) is 5.39. The number of nitrogen functional groups attached to an aromatic ring is 1. The van der Waals surface area contributed by atoms with E-state index in [0.717, 1.165) is 18.3 Å². The van der Waals surface area contributed by atoms with Crippen molar-refractivity contribution in [2.75, 3.05) is 5.73 Å². The largest absolute Gasteiger partial charge is 0.476 e. The van der Waals surface area contributed by atoms with Gasteiger partial charge in [-0.05, 0) is 18.2 Å². The van der Waals surface area contributed by atoms with Crippen LogP contribution in [0.5, 0.6) is 0 Å². The Hall–Kier alpha value is -2.83. The van der Waals surface area contributed by atoms with Gasteiger partial charge < -0.3 is 10.8 Å². The number of carbonyl (C=O) groups excluding carboxylic acids is 1. The summed E-state index contributed by atoms with van der Waals surface area (Å²) in [4.78, 5) is 26.5. The number of carbonyl (C=O) groups is 2. The summed E-state index contributed by atoms with van der Waals surface area (Å²) in [5.74, 6) is -4.13. The van der Waals surface area contributed by atoms with E-state index in [1.165, 1.54) is 6.07 Å². The molecule has 1 aromatic heterocycles. The van der Waals surface area contributed by atoms with Gasteiger partial charge in [-0.1, -0.05) is 0 Å². The molecule has 7 heteroatoms. The molecule has 0 saturated carbocycles. The van der Waals surface area contributed by atoms with Gasteiger partial charge in [0.15, 0.2) is 11.5 Å². The van der Waals surface area contributed by atoms with Crippen LogP contribution in [0.2, 0.25) is 0 Å². The average Bonchev–Trinajstić information content (AvgIpc) is 2.38. The lowest BCUT2D eigenvalue weighted by atomic mass is 10.0. The van der Waals surface area contributed by atoms with Crippen molar-refractivity contribution in [1.29, 1.82) is 0 Å². The minimum Gasteiger partial charge on any atom is -0.476 e. The van der Waals surface area contributed by atoms with Crippen molar-refractivity contribution >= 4 is 17.4 Å². The minimum atomic E-state index is -1.41. The molecule has 0 aliphatic rings. The number of benzene rings is 1. The van der Waals surface area contributed by atoms with Crippen LogP contribution in [0.15, 0.2) is 30.5 Å². The van der Waals surface area contributed by atoms with Crippen LogP contribution in [-0.4, -0.2) is 21.8 Å². The zero-order chi connectivity index (χ0) is 14.9. The highest BCUT2D eigenvalue weighted by atomic mass is 19.1. The number of hydrogen-bond acceptors (Lipinski definition) is 4. The van der Waals surface area contributed by atoms with Gasteiger partial charge in [0.2, 0.25) is 0 Å². The van der Waals surface area contributed by atoms with Crippen LogP contribution in [0.3, 0.4) is 0 Å². The van der Waals surface area contributed by atoms with Crippen LogP contribution in [0.4, 0.5) is 14.5 Å². The summed E-state index contributed by atoms with van der Waals surface area (Å²) >= 11 is 0. The molecule has 2 aromatic rings. The third-order valence-corrected chi connectivity index (χ3v) is 2.61. The Morgan fingerprint density at radius 1 is 1.15 bits per heavy atom. The van der Waals surface area contributed by atoms with E-state index in [4.69, 9.17) is 10.8 Å². The van der Waals surface area contributed by atoms with Crippen molar-refractivity contribution in [3.05, 3.63) is 58.9 Å². The Kier molecular flexibility index (Phi) is 3.43. The van der Waals surface area contributed by atoms with Crippen LogP contribution >= 0.6 is 0 Å². The van der Waals surface area contributed by atoms with Crippen molar-refractivity contribution < 1.29 is 23.5 Å². The highest BCUT2D eigenvalue weighted by Crippen LogP contribution is 2.21. The number of aromatic nitrogens is 1. The molecule has 0 unspecified atom stereocenters. The molecule has 0 radical (unpaired) electrons. The lowest BCUT2D eigenvalue weighted by molar-refractivity contribution is 0.0691. The molecule has 0 aliphatic carbocycles. The molecular weight excluding hydrogens is 270 g/mol. The number of nitrogens with zero attached hydrogens (tertiary/aromatic N) is 1. The lowest BCUT2D eigenvalue weighted by Crippen LogP contribution is -2.13. The molecule has 1 heterocycles. The molecule has 0 bridgehead atoms. The Bertz CT molecular complexity index is 717. The fourth-order valence-corrected chi connectivity index (χ4v) is 1.66. The van der Waals surface area contributed by atoms with E-state index in [1.807, 2.05) is 0 Å². The minimum absolute atomic E-state index is 0.206. The summed E-state index contributed by atoms with van der Waals surface area (Å²) in [7, 11) is 0. The fraction of sp³-hybridized carbons (Fsp3) is 0. The monoisotopic (exact) mass is 278 g/mol. The molecule has 0 spiro atoms. The van der Waals surface area contributed by atoms with E-state index in [9.17, 15) is 18.4 Å². The van der Waals surface area contributed by atoms with E-state index >= 15 is 0 Å². The molecule has 0 atom stereocenters. The quantitative estimate of drug-likeness (QED) is 0.836. The number of ketones is 1. The molecule has 5 nitrogen and oxygen atoms in total. The zero-order valence-electron chi connectivity index (χ0n) is 9.93. The topological polar surface area (TPSA) is 93.3 Å². The number of halogens is 2. The molecule has 3 N–H and O–H groups in total. The Morgan fingerprint density at radius 2 is 1.85 bits per heavy atom. The second-order valence-electron chi connectivity index (χ2n) is 3.88. The van der Waals surface area contributed by atoms with Crippen LogP contribution < -0.4 is 5.73 Å². The highest BCUT2D eigenvalue weighted by molar-refractivity contribution is 6.14. The van der Waals surface area contributed by atoms with Crippen LogP contribution in [-0.2, 0) is 0 Å². The molecule has 0 amide bonds. The van der Waals surface area contributed by atoms with E-state index in [2.05, 4.69) is 4.98 Å². The maximum atomic E-state index is 13.5. The predicted molar refractivity (Wildman–Crippen MR) is 65.4 cm³/mol. The van der Waals surface area contributed by atoms with Crippen molar-refractivity contribution in [2.24, 2.45) is 0 Å². The van der Waals surface area contributed by atoms with E-state index in [1.54, 1.807) is 0 Å². The van der Waals surface area contributed by atoms with E-state index in [0.29, 0.717) is 6.07 Å². The van der Waals surface area contributed by atoms with Crippen LogP contribution in [0, 0.1) is 11.6 Å². The van der Waals surface area contributed by atoms with Gasteiger partial charge in [-0.25, -0.2) is 18.6 Å². The first kappa shape index (κ1) is 13.6. The number of rotatable bonds is 3. The lowest BCUT2D eigenvalue weighted by Gasteiger charge is -2.07. The first-order valence-corrected chi connectivity index (χ1v) is 5.39. The Labute approximate surface area is 111 Å². The van der Waals surface area contributed by atoms with Gasteiger partial charge in [0.1, 0.15) is 11.6 Å². The average molecular weight is 278 g/mol. The number of nitrogens with two attached hydrogens (primary N) is 1. The predicted octanol–water partition coefficient (Wildman–Crippen LogP) is 1.87. The SMILES string of the molecule is Nc1c(C(=O)c2ccc(F)cc2F)ccnc1C(=O)O. The summed E-state index contributed by atoms with van der Waals surface area (Å²) in [5, 5.41) is 8.86. The molecule has 0 aliphatic heterocycles. The standard InChI is InChI=1S/C13H8F2N2O3/c14-6-1-2-7(9(15)5-6)12(18)8-3-4-17-11(10(8)16)13(19)20/h1-5H,16H2,(H,19,20). The van der Waals surface area contributed by atoms with Gasteiger partial charge in [-0.15, -0.1) is 0 Å². The van der Waals surface area contributed by atoms with E-state index in [-0.39, 0.29) is 11.3 Å². The first-order chi connectivity index (χ1) is 9.41. The van der Waals surface area contributed by atoms with Gasteiger partial charge in [0, 0.05) is 17.8 Å². The van der Waals surface area contributed by atoms with Gasteiger partial charge in [0.05, 0.1) is 11.3 Å². The van der Waals surface area contributed by atoms with Gasteiger partial charge >= 0.3 is 5.97 Å².